The number of hydrogen-bond acceptors (Lipinski definition) is 4. The minimum atomic E-state index is -0.230. The number of hydrogen-bond donors (Lipinski definition) is 1. The van der Waals surface area contributed by atoms with E-state index in [1.165, 1.54) is 0 Å². The smallest absolute Gasteiger partial charge is 0.133 e. The fraction of sp³-hybridized carbons (Fsp3) is 0.833. The zero-order valence-corrected chi connectivity index (χ0v) is 10.0. The minimum absolute atomic E-state index is 0.230. The first kappa shape index (κ1) is 11.2. The van der Waals surface area contributed by atoms with Crippen molar-refractivity contribution in [3.8, 4) is 0 Å². The van der Waals surface area contributed by atoms with E-state index in [4.69, 9.17) is 4.74 Å². The molecule has 1 atom stereocenters. The predicted octanol–water partition coefficient (Wildman–Crippen LogP) is 0.554. The Hall–Kier alpha value is -0.940. The van der Waals surface area contributed by atoms with E-state index >= 15 is 0 Å². The van der Waals surface area contributed by atoms with E-state index in [0.717, 1.165) is 57.0 Å². The van der Waals surface area contributed by atoms with Gasteiger partial charge in [0.1, 0.15) is 11.6 Å². The molecular formula is C12H19N3O2. The molecule has 5 nitrogen and oxygen atoms in total. The second-order valence-electron chi connectivity index (χ2n) is 5.10. The van der Waals surface area contributed by atoms with Crippen molar-refractivity contribution in [2.75, 3.05) is 13.2 Å². The van der Waals surface area contributed by atoms with Crippen LogP contribution in [0.5, 0.6) is 0 Å². The molecule has 1 fully saturated rings. The van der Waals surface area contributed by atoms with Crippen LogP contribution in [0.25, 0.3) is 0 Å². The Morgan fingerprint density at radius 2 is 2.06 bits per heavy atom. The molecule has 0 aromatic carbocycles. The normalized spacial score (nSPS) is 25.8. The van der Waals surface area contributed by atoms with Gasteiger partial charge < -0.3 is 14.4 Å². The lowest BCUT2D eigenvalue weighted by Crippen LogP contribution is -2.27. The van der Waals surface area contributed by atoms with Crippen molar-refractivity contribution in [3.05, 3.63) is 11.6 Å². The summed E-state index contributed by atoms with van der Waals surface area (Å²) in [5.74, 6) is 2.75. The largest absolute Gasteiger partial charge is 0.391 e. The van der Waals surface area contributed by atoms with Crippen LogP contribution >= 0.6 is 0 Å². The predicted molar refractivity (Wildman–Crippen MR) is 61.6 cm³/mol. The van der Waals surface area contributed by atoms with E-state index in [0.29, 0.717) is 12.5 Å². The fourth-order valence-corrected chi connectivity index (χ4v) is 2.73. The van der Waals surface area contributed by atoms with E-state index in [2.05, 4.69) is 14.8 Å². The Kier molecular flexibility index (Phi) is 3.11. The first-order chi connectivity index (χ1) is 8.33. The van der Waals surface area contributed by atoms with Crippen LogP contribution in [-0.2, 0) is 24.1 Å². The van der Waals surface area contributed by atoms with Crippen LogP contribution in [0.1, 0.15) is 30.9 Å². The van der Waals surface area contributed by atoms with Gasteiger partial charge in [-0.05, 0) is 25.2 Å². The van der Waals surface area contributed by atoms with E-state index in [9.17, 15) is 5.11 Å². The zero-order chi connectivity index (χ0) is 11.7. The average Bonchev–Trinajstić information content (AvgIpc) is 2.73. The van der Waals surface area contributed by atoms with Crippen LogP contribution in [0.2, 0.25) is 0 Å². The van der Waals surface area contributed by atoms with Gasteiger partial charge in [-0.3, -0.25) is 0 Å². The lowest BCUT2D eigenvalue weighted by atomic mass is 9.96. The number of fused-ring (bicyclic) bond motifs is 1. The second-order valence-corrected chi connectivity index (χ2v) is 5.10. The topological polar surface area (TPSA) is 60.2 Å². The van der Waals surface area contributed by atoms with E-state index in [1.807, 2.05) is 0 Å². The number of aryl methyl sites for hydroxylation is 1. The second kappa shape index (κ2) is 4.74. The van der Waals surface area contributed by atoms with Gasteiger partial charge in [-0.25, -0.2) is 0 Å². The van der Waals surface area contributed by atoms with Gasteiger partial charge in [0.25, 0.3) is 0 Å². The Morgan fingerprint density at radius 3 is 2.88 bits per heavy atom. The molecule has 5 heteroatoms. The Balaban J connectivity index is 1.72. The van der Waals surface area contributed by atoms with Crippen LogP contribution in [-0.4, -0.2) is 39.2 Å². The highest BCUT2D eigenvalue weighted by atomic mass is 16.5. The number of nitrogens with zero attached hydrogens (tertiary/aromatic N) is 3. The highest BCUT2D eigenvalue weighted by Gasteiger charge is 2.23. The zero-order valence-electron chi connectivity index (χ0n) is 10.0. The number of rotatable bonds is 2. The summed E-state index contributed by atoms with van der Waals surface area (Å²) in [6.45, 7) is 2.41. The van der Waals surface area contributed by atoms with E-state index in [-0.39, 0.29) is 6.10 Å². The average molecular weight is 237 g/mol. The summed E-state index contributed by atoms with van der Waals surface area (Å²) in [5.41, 5.74) is 0. The fourth-order valence-electron chi connectivity index (χ4n) is 2.73. The summed E-state index contributed by atoms with van der Waals surface area (Å²) in [6, 6.07) is 0. The lowest BCUT2D eigenvalue weighted by molar-refractivity contribution is 0.0651. The first-order valence-corrected chi connectivity index (χ1v) is 6.49. The molecular weight excluding hydrogens is 218 g/mol. The summed E-state index contributed by atoms with van der Waals surface area (Å²) < 4.78 is 7.48. The Morgan fingerprint density at radius 1 is 1.24 bits per heavy atom. The van der Waals surface area contributed by atoms with Crippen molar-refractivity contribution in [3.63, 3.8) is 0 Å². The third-order valence-electron chi connectivity index (χ3n) is 3.81. The van der Waals surface area contributed by atoms with Crippen molar-refractivity contribution >= 4 is 0 Å². The van der Waals surface area contributed by atoms with Gasteiger partial charge in [0.2, 0.25) is 0 Å². The van der Waals surface area contributed by atoms with Crippen LogP contribution in [0.3, 0.4) is 0 Å². The summed E-state index contributed by atoms with van der Waals surface area (Å²) in [7, 11) is 0. The molecule has 1 N–H and O–H groups in total. The molecule has 0 saturated carbocycles. The van der Waals surface area contributed by atoms with Gasteiger partial charge in [-0.1, -0.05) is 0 Å². The van der Waals surface area contributed by atoms with Crippen LogP contribution in [0, 0.1) is 5.92 Å². The van der Waals surface area contributed by atoms with Crippen LogP contribution < -0.4 is 0 Å². The van der Waals surface area contributed by atoms with Gasteiger partial charge in [-0.15, -0.1) is 10.2 Å². The molecule has 0 aliphatic carbocycles. The summed E-state index contributed by atoms with van der Waals surface area (Å²) in [4.78, 5) is 0. The first-order valence-electron chi connectivity index (χ1n) is 6.49. The van der Waals surface area contributed by atoms with Gasteiger partial charge >= 0.3 is 0 Å². The van der Waals surface area contributed by atoms with Crippen molar-refractivity contribution < 1.29 is 9.84 Å². The van der Waals surface area contributed by atoms with Crippen molar-refractivity contribution in [2.45, 2.75) is 44.8 Å². The summed E-state index contributed by atoms with van der Waals surface area (Å²) in [6.07, 6.45) is 4.64. The molecule has 1 saturated heterocycles. The maximum Gasteiger partial charge on any atom is 0.133 e. The summed E-state index contributed by atoms with van der Waals surface area (Å²) in [5, 5.41) is 18.2. The van der Waals surface area contributed by atoms with Crippen molar-refractivity contribution in [1.82, 2.24) is 14.8 Å². The molecule has 17 heavy (non-hydrogen) atoms. The number of aromatic nitrogens is 3. The molecule has 0 amide bonds. The Labute approximate surface area is 101 Å². The SMILES string of the molecule is OC1CCc2nnc(CC3CCOCC3)n2C1. The molecule has 3 rings (SSSR count). The van der Waals surface area contributed by atoms with Gasteiger partial charge in [0.15, 0.2) is 0 Å². The maximum absolute atomic E-state index is 9.71. The lowest BCUT2D eigenvalue weighted by Gasteiger charge is -2.24. The van der Waals surface area contributed by atoms with Gasteiger partial charge in [0.05, 0.1) is 12.6 Å². The molecule has 1 aromatic heterocycles. The Bertz CT molecular complexity index is 385. The monoisotopic (exact) mass is 237 g/mol. The molecule has 2 aliphatic rings. The molecule has 94 valence electrons. The summed E-state index contributed by atoms with van der Waals surface area (Å²) >= 11 is 0. The number of aliphatic hydroxyl groups excluding tert-OH is 1. The van der Waals surface area contributed by atoms with E-state index in [1.54, 1.807) is 0 Å². The quantitative estimate of drug-likeness (QED) is 0.816. The number of aliphatic hydroxyl groups is 1. The molecule has 2 aliphatic heterocycles. The number of ether oxygens (including phenoxy) is 1. The molecule has 1 unspecified atom stereocenters. The van der Waals surface area contributed by atoms with Crippen LogP contribution in [0.15, 0.2) is 0 Å². The van der Waals surface area contributed by atoms with E-state index < -0.39 is 0 Å². The highest BCUT2D eigenvalue weighted by Crippen LogP contribution is 2.22. The highest BCUT2D eigenvalue weighted by molar-refractivity contribution is 5.01. The third kappa shape index (κ3) is 2.35. The van der Waals surface area contributed by atoms with Crippen molar-refractivity contribution in [1.29, 1.82) is 0 Å². The van der Waals surface area contributed by atoms with Gasteiger partial charge in [0, 0.05) is 26.1 Å². The minimum Gasteiger partial charge on any atom is -0.391 e. The molecule has 3 heterocycles. The standard InChI is InChI=1S/C12H19N3O2/c16-10-1-2-11-13-14-12(15(11)8-10)7-9-3-5-17-6-4-9/h9-10,16H,1-8H2. The molecule has 0 bridgehead atoms. The third-order valence-corrected chi connectivity index (χ3v) is 3.81. The molecule has 0 radical (unpaired) electrons. The van der Waals surface area contributed by atoms with Crippen LogP contribution in [0.4, 0.5) is 0 Å². The molecule has 1 aromatic rings. The van der Waals surface area contributed by atoms with Gasteiger partial charge in [-0.2, -0.15) is 0 Å². The van der Waals surface area contributed by atoms with Crippen molar-refractivity contribution in [2.24, 2.45) is 5.92 Å². The maximum atomic E-state index is 9.71. The molecule has 0 spiro atoms.